The van der Waals surface area contributed by atoms with Crippen LogP contribution < -0.4 is 0 Å². The summed E-state index contributed by atoms with van der Waals surface area (Å²) in [5, 5.41) is 11.0. The molecule has 3 aromatic rings. The van der Waals surface area contributed by atoms with Crippen LogP contribution in [0.3, 0.4) is 0 Å². The highest BCUT2D eigenvalue weighted by Crippen LogP contribution is 2.28. The monoisotopic (exact) mass is 327 g/mol. The summed E-state index contributed by atoms with van der Waals surface area (Å²) in [6.45, 7) is 2.53. The highest BCUT2D eigenvalue weighted by Gasteiger charge is 2.21. The van der Waals surface area contributed by atoms with Crippen LogP contribution in [0.15, 0.2) is 48.5 Å². The second-order valence-electron chi connectivity index (χ2n) is 5.70. The number of aromatic nitrogens is 1. The third kappa shape index (κ3) is 2.90. The number of methoxy groups -OCH3 is 1. The molecule has 0 aliphatic carbocycles. The number of ether oxygens (including phenoxy) is 1. The average molecular weight is 327 g/mol. The molecule has 0 amide bonds. The zero-order valence-corrected chi connectivity index (χ0v) is 13.5. The number of carbonyl (C=O) groups excluding carboxylic acids is 1. The second kappa shape index (κ2) is 6.45. The molecule has 1 heterocycles. The molecule has 1 N–H and O–H groups in total. The maximum atomic E-state index is 13.1. The Kier molecular flexibility index (Phi) is 4.36. The van der Waals surface area contributed by atoms with Crippen molar-refractivity contribution in [2.24, 2.45) is 0 Å². The Hall–Kier alpha value is -2.66. The number of fused-ring (bicyclic) bond motifs is 1. The van der Waals surface area contributed by atoms with Crippen molar-refractivity contribution in [3.8, 4) is 0 Å². The Morgan fingerprint density at radius 2 is 1.96 bits per heavy atom. The minimum Gasteiger partial charge on any atom is -0.467 e. The molecule has 0 aliphatic heterocycles. The summed E-state index contributed by atoms with van der Waals surface area (Å²) in [4.78, 5) is 11.7. The van der Waals surface area contributed by atoms with Gasteiger partial charge in [-0.2, -0.15) is 0 Å². The lowest BCUT2D eigenvalue weighted by atomic mass is 10.0. The number of benzene rings is 2. The first-order valence-corrected chi connectivity index (χ1v) is 7.60. The maximum absolute atomic E-state index is 13.1. The molecule has 124 valence electrons. The van der Waals surface area contributed by atoms with Crippen LogP contribution in [0.5, 0.6) is 0 Å². The molecular formula is C19H18FNO3. The van der Waals surface area contributed by atoms with Crippen LogP contribution in [0.1, 0.15) is 22.9 Å². The number of rotatable bonds is 4. The first kappa shape index (κ1) is 16.2. The van der Waals surface area contributed by atoms with Crippen LogP contribution in [0.4, 0.5) is 4.39 Å². The fourth-order valence-corrected chi connectivity index (χ4v) is 2.90. The molecule has 0 fully saturated rings. The normalized spacial score (nSPS) is 12.3. The van der Waals surface area contributed by atoms with Crippen LogP contribution >= 0.6 is 0 Å². The Bertz CT molecular complexity index is 884. The number of aryl methyl sites for hydroxylation is 1. The van der Waals surface area contributed by atoms with Gasteiger partial charge in [-0.1, -0.05) is 24.3 Å². The summed E-state index contributed by atoms with van der Waals surface area (Å²) in [7, 11) is 1.25. The zero-order valence-electron chi connectivity index (χ0n) is 13.5. The van der Waals surface area contributed by atoms with Crippen molar-refractivity contribution in [1.82, 2.24) is 4.57 Å². The summed E-state index contributed by atoms with van der Waals surface area (Å²) >= 11 is 0. The third-order valence-corrected chi connectivity index (χ3v) is 4.16. The predicted molar refractivity (Wildman–Crippen MR) is 89.2 cm³/mol. The summed E-state index contributed by atoms with van der Waals surface area (Å²) in [6, 6.07) is 13.7. The van der Waals surface area contributed by atoms with E-state index in [2.05, 4.69) is 9.30 Å². The van der Waals surface area contributed by atoms with E-state index >= 15 is 0 Å². The lowest BCUT2D eigenvalue weighted by molar-refractivity contribution is -0.150. The number of aliphatic hydroxyl groups is 1. The first-order chi connectivity index (χ1) is 11.5. The van der Waals surface area contributed by atoms with Crippen LogP contribution in [0.25, 0.3) is 10.9 Å². The van der Waals surface area contributed by atoms with Gasteiger partial charge in [0.05, 0.1) is 7.11 Å². The van der Waals surface area contributed by atoms with E-state index in [9.17, 15) is 14.3 Å². The molecule has 1 aromatic heterocycles. The van der Waals surface area contributed by atoms with Crippen molar-refractivity contribution in [1.29, 1.82) is 0 Å². The molecule has 1 unspecified atom stereocenters. The van der Waals surface area contributed by atoms with E-state index in [4.69, 9.17) is 0 Å². The SMILES string of the molecule is COC(=O)C(O)c1cccc2c1cc(C)n2Cc1ccc(F)cc1. The van der Waals surface area contributed by atoms with Crippen LogP contribution in [0, 0.1) is 12.7 Å². The molecule has 0 radical (unpaired) electrons. The summed E-state index contributed by atoms with van der Waals surface area (Å²) in [5.74, 6) is -0.956. The molecule has 0 saturated carbocycles. The van der Waals surface area contributed by atoms with Crippen molar-refractivity contribution >= 4 is 16.9 Å². The Morgan fingerprint density at radius 3 is 2.62 bits per heavy atom. The lowest BCUT2D eigenvalue weighted by Gasteiger charge is -2.12. The summed E-state index contributed by atoms with van der Waals surface area (Å²) < 4.78 is 19.8. The fraction of sp³-hybridized carbons (Fsp3) is 0.211. The molecule has 0 spiro atoms. The van der Waals surface area contributed by atoms with Crippen molar-refractivity contribution in [2.45, 2.75) is 19.6 Å². The summed E-state index contributed by atoms with van der Waals surface area (Å²) in [6.07, 6.45) is -1.32. The predicted octanol–water partition coefficient (Wildman–Crippen LogP) is 3.34. The highest BCUT2D eigenvalue weighted by atomic mass is 19.1. The van der Waals surface area contributed by atoms with E-state index in [-0.39, 0.29) is 5.82 Å². The largest absolute Gasteiger partial charge is 0.467 e. The molecule has 0 saturated heterocycles. The quantitative estimate of drug-likeness (QED) is 0.748. The Labute approximate surface area is 139 Å². The van der Waals surface area contributed by atoms with Crippen LogP contribution in [-0.4, -0.2) is 22.8 Å². The molecular weight excluding hydrogens is 309 g/mol. The van der Waals surface area contributed by atoms with Gasteiger partial charge in [0, 0.05) is 28.7 Å². The lowest BCUT2D eigenvalue weighted by Crippen LogP contribution is -2.13. The van der Waals surface area contributed by atoms with E-state index in [1.165, 1.54) is 19.2 Å². The van der Waals surface area contributed by atoms with Gasteiger partial charge in [0.2, 0.25) is 0 Å². The topological polar surface area (TPSA) is 51.5 Å². The van der Waals surface area contributed by atoms with Crippen molar-refractivity contribution in [2.75, 3.05) is 7.11 Å². The Balaban J connectivity index is 2.05. The zero-order chi connectivity index (χ0) is 17.3. The van der Waals surface area contributed by atoms with Gasteiger partial charge < -0.3 is 14.4 Å². The first-order valence-electron chi connectivity index (χ1n) is 7.60. The van der Waals surface area contributed by atoms with E-state index < -0.39 is 12.1 Å². The number of esters is 1. The number of nitrogens with zero attached hydrogens (tertiary/aromatic N) is 1. The van der Waals surface area contributed by atoms with Crippen molar-refractivity contribution in [3.63, 3.8) is 0 Å². The molecule has 1 atom stereocenters. The van der Waals surface area contributed by atoms with E-state index in [0.717, 1.165) is 22.2 Å². The third-order valence-electron chi connectivity index (χ3n) is 4.16. The van der Waals surface area contributed by atoms with Crippen molar-refractivity contribution < 1.29 is 19.0 Å². The Morgan fingerprint density at radius 1 is 1.25 bits per heavy atom. The molecule has 5 heteroatoms. The minimum absolute atomic E-state index is 0.267. The minimum atomic E-state index is -1.32. The molecule has 4 nitrogen and oxygen atoms in total. The maximum Gasteiger partial charge on any atom is 0.339 e. The van der Waals surface area contributed by atoms with Crippen LogP contribution in [0.2, 0.25) is 0 Å². The van der Waals surface area contributed by atoms with Gasteiger partial charge in [0.15, 0.2) is 6.10 Å². The van der Waals surface area contributed by atoms with Gasteiger partial charge >= 0.3 is 5.97 Å². The van der Waals surface area contributed by atoms with E-state index in [1.54, 1.807) is 24.3 Å². The van der Waals surface area contributed by atoms with Crippen molar-refractivity contribution in [3.05, 3.63) is 71.2 Å². The number of carbonyl (C=O) groups is 1. The van der Waals surface area contributed by atoms with Gasteiger partial charge in [-0.15, -0.1) is 0 Å². The fourth-order valence-electron chi connectivity index (χ4n) is 2.90. The molecule has 3 rings (SSSR count). The van der Waals surface area contributed by atoms with E-state index in [1.807, 2.05) is 19.1 Å². The van der Waals surface area contributed by atoms with Gasteiger partial charge in [-0.3, -0.25) is 0 Å². The van der Waals surface area contributed by atoms with E-state index in [0.29, 0.717) is 12.1 Å². The second-order valence-corrected chi connectivity index (χ2v) is 5.70. The number of hydrogen-bond donors (Lipinski definition) is 1. The molecule has 0 aliphatic rings. The number of hydrogen-bond acceptors (Lipinski definition) is 3. The number of halogens is 1. The summed E-state index contributed by atoms with van der Waals surface area (Å²) in [5.41, 5.74) is 3.37. The molecule has 24 heavy (non-hydrogen) atoms. The molecule has 0 bridgehead atoms. The standard InChI is InChI=1S/C19H18FNO3/c1-12-10-16-15(18(22)19(23)24-2)4-3-5-17(16)21(12)11-13-6-8-14(20)9-7-13/h3-10,18,22H,11H2,1-2H3. The average Bonchev–Trinajstić information content (AvgIpc) is 2.91. The van der Waals surface area contributed by atoms with Gasteiger partial charge in [0.1, 0.15) is 5.82 Å². The molecule has 2 aromatic carbocycles. The number of aliphatic hydroxyl groups excluding tert-OH is 1. The van der Waals surface area contributed by atoms with Gasteiger partial charge in [0.25, 0.3) is 0 Å². The van der Waals surface area contributed by atoms with Gasteiger partial charge in [-0.25, -0.2) is 9.18 Å². The smallest absolute Gasteiger partial charge is 0.339 e. The van der Waals surface area contributed by atoms with Crippen LogP contribution in [-0.2, 0) is 16.1 Å². The van der Waals surface area contributed by atoms with Gasteiger partial charge in [-0.05, 0) is 36.8 Å². The highest BCUT2D eigenvalue weighted by molar-refractivity contribution is 5.90.